The summed E-state index contributed by atoms with van der Waals surface area (Å²) in [6.07, 6.45) is 6.52. The van der Waals surface area contributed by atoms with E-state index in [0.29, 0.717) is 12.2 Å². The Morgan fingerprint density at radius 3 is 3.00 bits per heavy atom. The number of H-pyrrole nitrogens is 1. The predicted octanol–water partition coefficient (Wildman–Crippen LogP) is 1.76. The highest BCUT2D eigenvalue weighted by atomic mass is 16.6. The third-order valence-electron chi connectivity index (χ3n) is 2.42. The Labute approximate surface area is 103 Å². The summed E-state index contributed by atoms with van der Waals surface area (Å²) in [6, 6.07) is 3.32. The molecule has 0 aliphatic carbocycles. The fourth-order valence-electron chi connectivity index (χ4n) is 1.59. The van der Waals surface area contributed by atoms with E-state index >= 15 is 0 Å². The number of imidazole rings is 1. The molecule has 2 rings (SSSR count). The van der Waals surface area contributed by atoms with E-state index in [9.17, 15) is 10.1 Å². The summed E-state index contributed by atoms with van der Waals surface area (Å²) in [6.45, 7) is 0.632. The van der Waals surface area contributed by atoms with E-state index in [1.807, 2.05) is 0 Å². The van der Waals surface area contributed by atoms with Gasteiger partial charge in [0.25, 0.3) is 0 Å². The second-order valence-corrected chi connectivity index (χ2v) is 3.70. The highest BCUT2D eigenvalue weighted by Crippen LogP contribution is 2.19. The molecule has 94 valence electrons. The molecule has 0 bridgehead atoms. The van der Waals surface area contributed by atoms with E-state index < -0.39 is 4.92 Å². The van der Waals surface area contributed by atoms with Gasteiger partial charge in [-0.1, -0.05) is 0 Å². The number of aromatic nitrogens is 3. The molecule has 0 aromatic carbocycles. The van der Waals surface area contributed by atoms with Crippen molar-refractivity contribution in [1.29, 1.82) is 0 Å². The van der Waals surface area contributed by atoms with Crippen LogP contribution in [0.15, 0.2) is 30.7 Å². The standard InChI is InChI=1S/C11H13N5O2/c17-16(18)11-9(3-1-6-15-11)12-5-2-4-10-13-7-8-14-10/h1,3,6-8,12H,2,4-5H2,(H,13,14). The first-order valence-corrected chi connectivity index (χ1v) is 5.59. The molecule has 0 saturated carbocycles. The highest BCUT2D eigenvalue weighted by Gasteiger charge is 2.12. The minimum Gasteiger partial charge on any atom is -0.378 e. The van der Waals surface area contributed by atoms with Crippen LogP contribution in [0.5, 0.6) is 0 Å². The number of rotatable bonds is 6. The number of aryl methyl sites for hydroxylation is 1. The van der Waals surface area contributed by atoms with E-state index in [2.05, 4.69) is 20.3 Å². The zero-order valence-corrected chi connectivity index (χ0v) is 9.67. The average Bonchev–Trinajstić information content (AvgIpc) is 2.88. The van der Waals surface area contributed by atoms with E-state index in [1.54, 1.807) is 24.5 Å². The number of hydrogen-bond donors (Lipinski definition) is 2. The topological polar surface area (TPSA) is 96.7 Å². The number of nitrogens with zero attached hydrogens (tertiary/aromatic N) is 3. The molecular weight excluding hydrogens is 234 g/mol. The van der Waals surface area contributed by atoms with Crippen LogP contribution in [0, 0.1) is 10.1 Å². The van der Waals surface area contributed by atoms with Crippen LogP contribution in [0.1, 0.15) is 12.2 Å². The lowest BCUT2D eigenvalue weighted by molar-refractivity contribution is -0.388. The van der Waals surface area contributed by atoms with Gasteiger partial charge in [0.05, 0.1) is 0 Å². The SMILES string of the molecule is O=[N+]([O-])c1ncccc1NCCCc1ncc[nH]1. The lowest BCUT2D eigenvalue weighted by Crippen LogP contribution is -2.06. The first kappa shape index (κ1) is 12.0. The first-order chi connectivity index (χ1) is 8.77. The van der Waals surface area contributed by atoms with Gasteiger partial charge in [-0.15, -0.1) is 0 Å². The average molecular weight is 247 g/mol. The number of aromatic amines is 1. The Hall–Kier alpha value is -2.44. The number of nitro groups is 1. The van der Waals surface area contributed by atoms with Crippen LogP contribution in [-0.4, -0.2) is 26.4 Å². The molecule has 0 spiro atoms. The fraction of sp³-hybridized carbons (Fsp3) is 0.273. The van der Waals surface area contributed by atoms with Crippen molar-refractivity contribution in [2.24, 2.45) is 0 Å². The minimum atomic E-state index is -0.491. The van der Waals surface area contributed by atoms with Gasteiger partial charge < -0.3 is 20.4 Å². The molecule has 2 aromatic rings. The Balaban J connectivity index is 1.85. The molecule has 0 fully saturated rings. The van der Waals surface area contributed by atoms with Crippen LogP contribution in [-0.2, 0) is 6.42 Å². The van der Waals surface area contributed by atoms with Crippen molar-refractivity contribution >= 4 is 11.5 Å². The normalized spacial score (nSPS) is 10.2. The van der Waals surface area contributed by atoms with E-state index in [4.69, 9.17) is 0 Å². The zero-order valence-electron chi connectivity index (χ0n) is 9.67. The van der Waals surface area contributed by atoms with Gasteiger partial charge in [-0.05, 0) is 28.5 Å². The number of nitrogens with one attached hydrogen (secondary N) is 2. The van der Waals surface area contributed by atoms with Crippen molar-refractivity contribution < 1.29 is 4.92 Å². The van der Waals surface area contributed by atoms with Gasteiger partial charge in [0.15, 0.2) is 0 Å². The summed E-state index contributed by atoms with van der Waals surface area (Å²) in [4.78, 5) is 21.1. The van der Waals surface area contributed by atoms with Crippen molar-refractivity contribution in [1.82, 2.24) is 15.0 Å². The zero-order chi connectivity index (χ0) is 12.8. The Morgan fingerprint density at radius 2 is 2.28 bits per heavy atom. The van der Waals surface area contributed by atoms with Gasteiger partial charge in [-0.3, -0.25) is 0 Å². The predicted molar refractivity (Wildman–Crippen MR) is 66.3 cm³/mol. The Morgan fingerprint density at radius 1 is 1.39 bits per heavy atom. The van der Waals surface area contributed by atoms with Crippen LogP contribution in [0.2, 0.25) is 0 Å². The van der Waals surface area contributed by atoms with Crippen molar-refractivity contribution in [3.63, 3.8) is 0 Å². The van der Waals surface area contributed by atoms with Crippen LogP contribution in [0.4, 0.5) is 11.5 Å². The number of pyridine rings is 1. The van der Waals surface area contributed by atoms with Crippen LogP contribution in [0.3, 0.4) is 0 Å². The molecule has 7 nitrogen and oxygen atoms in total. The molecule has 2 aromatic heterocycles. The van der Waals surface area contributed by atoms with Gasteiger partial charge >= 0.3 is 5.82 Å². The second-order valence-electron chi connectivity index (χ2n) is 3.70. The fourth-order valence-corrected chi connectivity index (χ4v) is 1.59. The van der Waals surface area contributed by atoms with Crippen LogP contribution >= 0.6 is 0 Å². The summed E-state index contributed by atoms with van der Waals surface area (Å²) in [5.41, 5.74) is 0.446. The molecular formula is C11H13N5O2. The molecule has 0 radical (unpaired) electrons. The third-order valence-corrected chi connectivity index (χ3v) is 2.42. The molecule has 0 aliphatic heterocycles. The third kappa shape index (κ3) is 3.03. The van der Waals surface area contributed by atoms with Crippen molar-refractivity contribution in [3.8, 4) is 0 Å². The van der Waals surface area contributed by atoms with Gasteiger partial charge in [0.2, 0.25) is 0 Å². The minimum absolute atomic E-state index is 0.143. The number of anilines is 1. The van der Waals surface area contributed by atoms with Gasteiger partial charge in [-0.25, -0.2) is 4.98 Å². The highest BCUT2D eigenvalue weighted by molar-refractivity contribution is 5.56. The summed E-state index contributed by atoms with van der Waals surface area (Å²) in [5, 5.41) is 13.7. The molecule has 18 heavy (non-hydrogen) atoms. The van der Waals surface area contributed by atoms with E-state index in [1.165, 1.54) is 6.20 Å². The maximum Gasteiger partial charge on any atom is 0.386 e. The monoisotopic (exact) mass is 247 g/mol. The summed E-state index contributed by atoms with van der Waals surface area (Å²) in [7, 11) is 0. The molecule has 0 aliphatic rings. The summed E-state index contributed by atoms with van der Waals surface area (Å²) < 4.78 is 0. The van der Waals surface area contributed by atoms with Crippen molar-refractivity contribution in [2.45, 2.75) is 12.8 Å². The van der Waals surface area contributed by atoms with Crippen LogP contribution in [0.25, 0.3) is 0 Å². The van der Waals surface area contributed by atoms with E-state index in [0.717, 1.165) is 18.7 Å². The quantitative estimate of drug-likeness (QED) is 0.460. The van der Waals surface area contributed by atoms with Crippen molar-refractivity contribution in [3.05, 3.63) is 46.7 Å². The maximum atomic E-state index is 10.7. The molecule has 2 heterocycles. The van der Waals surface area contributed by atoms with Gasteiger partial charge in [0, 0.05) is 25.4 Å². The van der Waals surface area contributed by atoms with Crippen LogP contribution < -0.4 is 5.32 Å². The molecule has 7 heteroatoms. The second kappa shape index (κ2) is 5.76. The van der Waals surface area contributed by atoms with Crippen molar-refractivity contribution in [2.75, 3.05) is 11.9 Å². The molecule has 0 unspecified atom stereocenters. The number of hydrogen-bond acceptors (Lipinski definition) is 5. The Bertz CT molecular complexity index is 512. The van der Waals surface area contributed by atoms with Gasteiger partial charge in [0.1, 0.15) is 17.7 Å². The van der Waals surface area contributed by atoms with E-state index in [-0.39, 0.29) is 5.82 Å². The molecule has 0 amide bonds. The lowest BCUT2D eigenvalue weighted by Gasteiger charge is -2.05. The lowest BCUT2D eigenvalue weighted by atomic mass is 10.3. The largest absolute Gasteiger partial charge is 0.386 e. The molecule has 0 atom stereocenters. The summed E-state index contributed by atoms with van der Waals surface area (Å²) >= 11 is 0. The summed E-state index contributed by atoms with van der Waals surface area (Å²) in [5.74, 6) is 0.771. The molecule has 0 saturated heterocycles. The van der Waals surface area contributed by atoms with Gasteiger partial charge in [-0.2, -0.15) is 0 Å². The Kier molecular flexibility index (Phi) is 3.85. The molecule has 2 N–H and O–H groups in total. The maximum absolute atomic E-state index is 10.7. The first-order valence-electron chi connectivity index (χ1n) is 5.59. The smallest absolute Gasteiger partial charge is 0.378 e.